The van der Waals surface area contributed by atoms with Gasteiger partial charge in [0.2, 0.25) is 0 Å². The minimum absolute atomic E-state index is 0.0889. The molecule has 1 aromatic carbocycles. The number of ether oxygens (including phenoxy) is 2. The van der Waals surface area contributed by atoms with Crippen LogP contribution in [0.25, 0.3) is 0 Å². The molecule has 0 radical (unpaired) electrons. The van der Waals surface area contributed by atoms with Crippen molar-refractivity contribution in [3.8, 4) is 11.5 Å². The monoisotopic (exact) mass is 550 g/mol. The van der Waals surface area contributed by atoms with Crippen LogP contribution in [0.2, 0.25) is 0 Å². The van der Waals surface area contributed by atoms with Crippen molar-refractivity contribution >= 4 is 41.3 Å². The topological polar surface area (TPSA) is 71.5 Å². The van der Waals surface area contributed by atoms with Crippen molar-refractivity contribution in [2.75, 3.05) is 57.9 Å². The molecule has 1 N–H and O–H groups in total. The van der Waals surface area contributed by atoms with Crippen molar-refractivity contribution in [1.82, 2.24) is 9.57 Å². The Morgan fingerprint density at radius 1 is 1.35 bits per heavy atom. The molecule has 1 aromatic rings. The van der Waals surface area contributed by atoms with E-state index in [1.54, 1.807) is 11.8 Å². The Balaban J connectivity index is 1.65. The van der Waals surface area contributed by atoms with Crippen molar-refractivity contribution < 1.29 is 23.7 Å². The van der Waals surface area contributed by atoms with Gasteiger partial charge in [-0.3, -0.25) is 4.57 Å². The SMILES string of the molecule is COc1ccc2c3c1O[C@H]1C[C@@H](OP(=O)(SCCO)N(CCCl)CCCl)C=C[C@@]31CCN(C)C2. The van der Waals surface area contributed by atoms with Crippen LogP contribution in [-0.2, 0) is 21.0 Å². The lowest BCUT2D eigenvalue weighted by Crippen LogP contribution is -2.43. The molecule has 0 bridgehead atoms. The first kappa shape index (κ1) is 26.6. The zero-order valence-electron chi connectivity index (χ0n) is 19.6. The molecule has 0 amide bonds. The summed E-state index contributed by atoms with van der Waals surface area (Å²) in [5.41, 5.74) is 2.19. The van der Waals surface area contributed by atoms with Gasteiger partial charge in [-0.05, 0) is 31.6 Å². The van der Waals surface area contributed by atoms with Crippen molar-refractivity contribution in [1.29, 1.82) is 0 Å². The van der Waals surface area contributed by atoms with E-state index in [1.807, 2.05) is 12.1 Å². The molecule has 0 fully saturated rings. The Morgan fingerprint density at radius 2 is 2.12 bits per heavy atom. The van der Waals surface area contributed by atoms with E-state index in [-0.39, 0.29) is 18.1 Å². The largest absolute Gasteiger partial charge is 0.493 e. The van der Waals surface area contributed by atoms with Crippen LogP contribution in [0.1, 0.15) is 24.0 Å². The summed E-state index contributed by atoms with van der Waals surface area (Å²) in [5, 5.41) is 9.38. The predicted molar refractivity (Wildman–Crippen MR) is 139 cm³/mol. The molecule has 190 valence electrons. The summed E-state index contributed by atoms with van der Waals surface area (Å²) in [6, 6.07) is 4.12. The van der Waals surface area contributed by atoms with Gasteiger partial charge in [-0.1, -0.05) is 29.6 Å². The normalized spacial score (nSPS) is 27.6. The summed E-state index contributed by atoms with van der Waals surface area (Å²) in [6.07, 6.45) is 5.18. The fourth-order valence-electron chi connectivity index (χ4n) is 5.20. The highest BCUT2D eigenvalue weighted by atomic mass is 35.5. The molecule has 11 heteroatoms. The summed E-state index contributed by atoms with van der Waals surface area (Å²) < 4.78 is 34.2. The molecule has 0 aromatic heterocycles. The first-order valence-electron chi connectivity index (χ1n) is 11.6. The Bertz CT molecular complexity index is 948. The molecule has 1 spiro atoms. The van der Waals surface area contributed by atoms with Crippen LogP contribution < -0.4 is 9.47 Å². The van der Waals surface area contributed by atoms with E-state index in [0.717, 1.165) is 42.4 Å². The number of aliphatic hydroxyl groups excluding tert-OH is 1. The lowest BCUT2D eigenvalue weighted by Gasteiger charge is -2.39. The fourth-order valence-corrected chi connectivity index (χ4v) is 10.1. The maximum Gasteiger partial charge on any atom is 0.329 e. The molecule has 0 saturated carbocycles. The summed E-state index contributed by atoms with van der Waals surface area (Å²) in [6.45, 7) is -0.843. The smallest absolute Gasteiger partial charge is 0.329 e. The van der Waals surface area contributed by atoms with E-state index >= 15 is 0 Å². The van der Waals surface area contributed by atoms with Gasteiger partial charge >= 0.3 is 6.72 Å². The average Bonchev–Trinajstić information content (AvgIpc) is 3.08. The Kier molecular flexibility index (Phi) is 8.85. The summed E-state index contributed by atoms with van der Waals surface area (Å²) in [4.78, 5) is 2.33. The van der Waals surface area contributed by atoms with Crippen LogP contribution >= 0.6 is 41.3 Å². The lowest BCUT2D eigenvalue weighted by molar-refractivity contribution is 0.0905. The highest BCUT2D eigenvalue weighted by Crippen LogP contribution is 2.64. The third kappa shape index (κ3) is 5.03. The number of nitrogens with zero attached hydrogens (tertiary/aromatic N) is 2. The number of hydrogen-bond donors (Lipinski definition) is 1. The van der Waals surface area contributed by atoms with Gasteiger partial charge in [0.25, 0.3) is 0 Å². The number of benzene rings is 1. The molecule has 1 aliphatic carbocycles. The van der Waals surface area contributed by atoms with Gasteiger partial charge in [-0.2, -0.15) is 0 Å². The van der Waals surface area contributed by atoms with Crippen molar-refractivity contribution in [2.24, 2.45) is 0 Å². The molecule has 4 rings (SSSR count). The minimum Gasteiger partial charge on any atom is -0.493 e. The van der Waals surface area contributed by atoms with Crippen LogP contribution in [0.4, 0.5) is 0 Å². The van der Waals surface area contributed by atoms with E-state index in [0.29, 0.717) is 37.0 Å². The zero-order chi connectivity index (χ0) is 24.3. The maximum atomic E-state index is 14.0. The van der Waals surface area contributed by atoms with Gasteiger partial charge in [-0.15, -0.1) is 23.2 Å². The molecular weight excluding hydrogens is 518 g/mol. The molecule has 1 unspecified atom stereocenters. The standard InChI is InChI=1S/C23H33Cl2N2O5PS/c1-26-10-7-23-6-5-18(32-33(29,34-14-13-28)27(11-8-24)12-9-25)15-20(23)31-22-19(30-2)4-3-17(16-26)21(22)23/h3-6,18,20,28H,7-16H2,1-2H3/t18-,20-,23-,33?/m0/s1. The lowest BCUT2D eigenvalue weighted by atomic mass is 9.69. The molecule has 0 saturated heterocycles. The van der Waals surface area contributed by atoms with Crippen molar-refractivity contribution in [2.45, 2.75) is 37.0 Å². The number of aliphatic hydroxyl groups is 1. The van der Waals surface area contributed by atoms with Gasteiger partial charge in [0.1, 0.15) is 6.10 Å². The van der Waals surface area contributed by atoms with E-state index in [1.165, 1.54) is 11.1 Å². The predicted octanol–water partition coefficient (Wildman–Crippen LogP) is 4.49. The van der Waals surface area contributed by atoms with Crippen LogP contribution in [0.3, 0.4) is 0 Å². The Labute approximate surface area is 215 Å². The summed E-state index contributed by atoms with van der Waals surface area (Å²) >= 11 is 13.1. The quantitative estimate of drug-likeness (QED) is 0.245. The van der Waals surface area contributed by atoms with Crippen molar-refractivity contribution in [3.63, 3.8) is 0 Å². The molecule has 2 aliphatic heterocycles. The molecular formula is C23H33Cl2N2O5PS. The molecule has 4 atom stereocenters. The van der Waals surface area contributed by atoms with Crippen LogP contribution in [0.5, 0.6) is 11.5 Å². The fraction of sp³-hybridized carbons (Fsp3) is 0.652. The number of methoxy groups -OCH3 is 1. The van der Waals surface area contributed by atoms with Gasteiger partial charge in [-0.25, -0.2) is 4.67 Å². The Hall–Kier alpha value is -0.440. The second-order valence-corrected chi connectivity index (χ2v) is 14.2. The van der Waals surface area contributed by atoms with Gasteiger partial charge in [0.05, 0.1) is 25.2 Å². The molecule has 2 heterocycles. The minimum atomic E-state index is -3.34. The van der Waals surface area contributed by atoms with E-state index in [2.05, 4.69) is 24.1 Å². The third-order valence-electron chi connectivity index (χ3n) is 6.78. The number of halogens is 2. The highest BCUT2D eigenvalue weighted by molar-refractivity contribution is 8.55. The van der Waals surface area contributed by atoms with E-state index < -0.39 is 12.8 Å². The number of hydrogen-bond acceptors (Lipinski definition) is 7. The summed E-state index contributed by atoms with van der Waals surface area (Å²) in [5.74, 6) is 2.48. The maximum absolute atomic E-state index is 14.0. The van der Waals surface area contributed by atoms with Gasteiger partial charge < -0.3 is 24.0 Å². The van der Waals surface area contributed by atoms with Crippen molar-refractivity contribution in [3.05, 3.63) is 35.4 Å². The summed E-state index contributed by atoms with van der Waals surface area (Å²) in [7, 11) is 3.80. The van der Waals surface area contributed by atoms with Crippen LogP contribution in [0, 0.1) is 0 Å². The molecule has 34 heavy (non-hydrogen) atoms. The average molecular weight is 551 g/mol. The van der Waals surface area contributed by atoms with Gasteiger partial charge in [0, 0.05) is 49.1 Å². The Morgan fingerprint density at radius 3 is 2.79 bits per heavy atom. The van der Waals surface area contributed by atoms with Crippen LogP contribution in [0.15, 0.2) is 24.3 Å². The highest BCUT2D eigenvalue weighted by Gasteiger charge is 2.53. The zero-order valence-corrected chi connectivity index (χ0v) is 22.8. The van der Waals surface area contributed by atoms with E-state index in [9.17, 15) is 9.67 Å². The molecule has 7 nitrogen and oxygen atoms in total. The third-order valence-corrected chi connectivity index (χ3v) is 11.9. The number of rotatable bonds is 11. The first-order valence-corrected chi connectivity index (χ1v) is 15.8. The first-order chi connectivity index (χ1) is 16.4. The number of alkyl halides is 2. The second-order valence-electron chi connectivity index (χ2n) is 8.86. The second kappa shape index (κ2) is 11.3. The van der Waals surface area contributed by atoms with E-state index in [4.69, 9.17) is 37.2 Å². The van der Waals surface area contributed by atoms with Gasteiger partial charge in [0.15, 0.2) is 11.5 Å². The van der Waals surface area contributed by atoms with Crippen LogP contribution in [-0.4, -0.2) is 84.8 Å². The molecule has 3 aliphatic rings.